The maximum absolute atomic E-state index is 12.4. The number of benzene rings is 1. The lowest BCUT2D eigenvalue weighted by atomic mass is 9.92. The minimum Gasteiger partial charge on any atom is -0.491 e. The Morgan fingerprint density at radius 1 is 1.30 bits per heavy atom. The highest BCUT2D eigenvalue weighted by atomic mass is 32.2. The summed E-state index contributed by atoms with van der Waals surface area (Å²) in [6, 6.07) is 5.37. The number of carbonyl (C=O) groups is 2. The number of carboxylic acid groups (broad SMARTS) is 1. The van der Waals surface area contributed by atoms with Crippen LogP contribution < -0.4 is 9.46 Å². The van der Waals surface area contributed by atoms with Crippen LogP contribution in [-0.4, -0.2) is 54.7 Å². The van der Waals surface area contributed by atoms with Crippen molar-refractivity contribution in [2.45, 2.75) is 45.8 Å². The van der Waals surface area contributed by atoms with E-state index in [4.69, 9.17) is 4.74 Å². The van der Waals surface area contributed by atoms with E-state index in [1.54, 1.807) is 24.3 Å². The Morgan fingerprint density at radius 2 is 1.93 bits per heavy atom. The number of rotatable bonds is 7. The van der Waals surface area contributed by atoms with Gasteiger partial charge in [-0.15, -0.1) is 0 Å². The second-order valence-corrected chi connectivity index (χ2v) is 8.85. The lowest BCUT2D eigenvalue weighted by molar-refractivity contribution is -0.152. The van der Waals surface area contributed by atoms with Gasteiger partial charge in [0.2, 0.25) is 15.9 Å². The van der Waals surface area contributed by atoms with E-state index in [0.717, 1.165) is 4.90 Å². The SMILES string of the molecule is CC1CCN(C(=O)CS(=O)(=O)Nc2ccc(OC(C)C)cc2)C(C(=O)O)C1. The molecule has 1 heterocycles. The molecule has 0 aliphatic carbocycles. The van der Waals surface area contributed by atoms with Crippen molar-refractivity contribution in [1.29, 1.82) is 0 Å². The quantitative estimate of drug-likeness (QED) is 0.726. The van der Waals surface area contributed by atoms with Crippen LogP contribution in [0.1, 0.15) is 33.6 Å². The highest BCUT2D eigenvalue weighted by molar-refractivity contribution is 7.93. The van der Waals surface area contributed by atoms with E-state index in [-0.39, 0.29) is 18.6 Å². The first kappa shape index (κ1) is 21.0. The van der Waals surface area contributed by atoms with Crippen LogP contribution in [0, 0.1) is 5.92 Å². The fourth-order valence-electron chi connectivity index (χ4n) is 3.01. The summed E-state index contributed by atoms with van der Waals surface area (Å²) in [4.78, 5) is 25.0. The van der Waals surface area contributed by atoms with Crippen LogP contribution in [0.15, 0.2) is 24.3 Å². The Bertz CT molecular complexity index is 776. The summed E-state index contributed by atoms with van der Waals surface area (Å²) in [6.45, 7) is 5.93. The van der Waals surface area contributed by atoms with Gasteiger partial charge >= 0.3 is 5.97 Å². The molecule has 150 valence electrons. The van der Waals surface area contributed by atoms with Crippen molar-refractivity contribution < 1.29 is 27.9 Å². The zero-order valence-corrected chi connectivity index (χ0v) is 16.5. The van der Waals surface area contributed by atoms with E-state index >= 15 is 0 Å². The number of anilines is 1. The van der Waals surface area contributed by atoms with Crippen molar-refractivity contribution in [3.05, 3.63) is 24.3 Å². The summed E-state index contributed by atoms with van der Waals surface area (Å²) in [5.41, 5.74) is 0.306. The second kappa shape index (κ2) is 8.60. The zero-order chi connectivity index (χ0) is 20.2. The number of piperidine rings is 1. The molecule has 9 heteroatoms. The third-order valence-corrected chi connectivity index (χ3v) is 5.46. The summed E-state index contributed by atoms with van der Waals surface area (Å²) < 4.78 is 32.5. The minimum absolute atomic E-state index is 0.000365. The first-order chi connectivity index (χ1) is 12.6. The number of hydrogen-bond acceptors (Lipinski definition) is 5. The molecule has 1 aromatic rings. The zero-order valence-electron chi connectivity index (χ0n) is 15.7. The van der Waals surface area contributed by atoms with Crippen molar-refractivity contribution in [3.63, 3.8) is 0 Å². The van der Waals surface area contributed by atoms with Crippen LogP contribution in [0.25, 0.3) is 0 Å². The van der Waals surface area contributed by atoms with Gasteiger partial charge in [0, 0.05) is 12.2 Å². The van der Waals surface area contributed by atoms with E-state index in [0.29, 0.717) is 24.3 Å². The molecule has 0 bridgehead atoms. The average molecular weight is 398 g/mol. The van der Waals surface area contributed by atoms with Crippen LogP contribution in [0.3, 0.4) is 0 Å². The summed E-state index contributed by atoms with van der Waals surface area (Å²) in [7, 11) is -3.96. The fourth-order valence-corrected chi connectivity index (χ4v) is 4.07. The van der Waals surface area contributed by atoms with Gasteiger partial charge in [0.1, 0.15) is 17.5 Å². The number of carboxylic acids is 1. The van der Waals surface area contributed by atoms with Gasteiger partial charge in [-0.2, -0.15) is 0 Å². The van der Waals surface area contributed by atoms with E-state index in [1.165, 1.54) is 0 Å². The molecule has 1 aliphatic heterocycles. The molecule has 0 radical (unpaired) electrons. The molecule has 2 N–H and O–H groups in total. The lowest BCUT2D eigenvalue weighted by Crippen LogP contribution is -2.51. The number of nitrogens with one attached hydrogen (secondary N) is 1. The molecular weight excluding hydrogens is 372 g/mol. The Morgan fingerprint density at radius 3 is 2.48 bits per heavy atom. The van der Waals surface area contributed by atoms with Crippen LogP contribution in [0.4, 0.5) is 5.69 Å². The summed E-state index contributed by atoms with van der Waals surface area (Å²) >= 11 is 0. The number of amides is 1. The van der Waals surface area contributed by atoms with Crippen molar-refractivity contribution in [2.24, 2.45) is 5.92 Å². The van der Waals surface area contributed by atoms with Gasteiger partial charge in [-0.05, 0) is 56.9 Å². The second-order valence-electron chi connectivity index (χ2n) is 7.12. The highest BCUT2D eigenvalue weighted by Crippen LogP contribution is 2.23. The van der Waals surface area contributed by atoms with Gasteiger partial charge < -0.3 is 14.7 Å². The Kier molecular flexibility index (Phi) is 6.69. The Labute approximate surface area is 159 Å². The molecule has 1 aliphatic rings. The molecule has 1 saturated heterocycles. The molecule has 2 atom stereocenters. The predicted molar refractivity (Wildman–Crippen MR) is 101 cm³/mol. The molecule has 1 aromatic carbocycles. The van der Waals surface area contributed by atoms with Crippen LogP contribution in [0.5, 0.6) is 5.75 Å². The van der Waals surface area contributed by atoms with Crippen LogP contribution in [-0.2, 0) is 19.6 Å². The van der Waals surface area contributed by atoms with Gasteiger partial charge in [-0.1, -0.05) is 6.92 Å². The monoisotopic (exact) mass is 398 g/mol. The molecule has 8 nitrogen and oxygen atoms in total. The molecule has 1 fully saturated rings. The van der Waals surface area contributed by atoms with E-state index < -0.39 is 33.7 Å². The normalized spacial score (nSPS) is 20.4. The number of hydrogen-bond donors (Lipinski definition) is 2. The van der Waals surface area contributed by atoms with Gasteiger partial charge in [-0.3, -0.25) is 9.52 Å². The number of aliphatic carboxylic acids is 1. The maximum Gasteiger partial charge on any atom is 0.326 e. The number of ether oxygens (including phenoxy) is 1. The summed E-state index contributed by atoms with van der Waals surface area (Å²) in [6.07, 6.45) is 0.978. The predicted octanol–water partition coefficient (Wildman–Crippen LogP) is 1.93. The van der Waals surface area contributed by atoms with Crippen molar-refractivity contribution in [3.8, 4) is 5.75 Å². The summed E-state index contributed by atoms with van der Waals surface area (Å²) in [5.74, 6) is -1.83. The largest absolute Gasteiger partial charge is 0.491 e. The standard InChI is InChI=1S/C18H26N2O6S/c1-12(2)26-15-6-4-14(5-7-15)19-27(24,25)11-17(21)20-9-8-13(3)10-16(20)18(22)23/h4-7,12-13,16,19H,8-11H2,1-3H3,(H,22,23). The third kappa shape index (κ3) is 6.13. The molecule has 0 spiro atoms. The number of likely N-dealkylation sites (tertiary alicyclic amines) is 1. The molecule has 0 saturated carbocycles. The smallest absolute Gasteiger partial charge is 0.326 e. The first-order valence-corrected chi connectivity index (χ1v) is 10.5. The molecule has 2 rings (SSSR count). The van der Waals surface area contributed by atoms with Crippen LogP contribution in [0.2, 0.25) is 0 Å². The Balaban J connectivity index is 2.02. The lowest BCUT2D eigenvalue weighted by Gasteiger charge is -2.35. The molecule has 0 aromatic heterocycles. The highest BCUT2D eigenvalue weighted by Gasteiger charge is 2.36. The van der Waals surface area contributed by atoms with Crippen LogP contribution >= 0.6 is 0 Å². The van der Waals surface area contributed by atoms with Crippen molar-refractivity contribution in [1.82, 2.24) is 4.90 Å². The van der Waals surface area contributed by atoms with Gasteiger partial charge in [0.05, 0.1) is 6.10 Å². The van der Waals surface area contributed by atoms with Gasteiger partial charge in [-0.25, -0.2) is 13.2 Å². The maximum atomic E-state index is 12.4. The molecule has 1 amide bonds. The number of nitrogens with zero attached hydrogens (tertiary/aromatic N) is 1. The van der Waals surface area contributed by atoms with E-state index in [9.17, 15) is 23.1 Å². The number of sulfonamides is 1. The van der Waals surface area contributed by atoms with Gasteiger partial charge in [0.25, 0.3) is 0 Å². The average Bonchev–Trinajstić information content (AvgIpc) is 2.55. The first-order valence-electron chi connectivity index (χ1n) is 8.87. The summed E-state index contributed by atoms with van der Waals surface area (Å²) in [5, 5.41) is 9.33. The topological polar surface area (TPSA) is 113 Å². The molecule has 2 unspecified atom stereocenters. The Hall–Kier alpha value is -2.29. The van der Waals surface area contributed by atoms with Gasteiger partial charge in [0.15, 0.2) is 0 Å². The molecule has 27 heavy (non-hydrogen) atoms. The number of carbonyl (C=O) groups excluding carboxylic acids is 1. The third-order valence-electron chi connectivity index (χ3n) is 4.28. The van der Waals surface area contributed by atoms with E-state index in [1.807, 2.05) is 20.8 Å². The minimum atomic E-state index is -3.96. The van der Waals surface area contributed by atoms with Crippen molar-refractivity contribution in [2.75, 3.05) is 17.0 Å². The molecular formula is C18H26N2O6S. The fraction of sp³-hybridized carbons (Fsp3) is 0.556. The van der Waals surface area contributed by atoms with E-state index in [2.05, 4.69) is 4.72 Å². The van der Waals surface area contributed by atoms with Crippen molar-refractivity contribution >= 4 is 27.6 Å².